The molecular formula is C13H11N5O3. The Hall–Kier alpha value is -3.21. The molecule has 0 amide bonds. The van der Waals surface area contributed by atoms with E-state index in [-0.39, 0.29) is 23.6 Å². The Bertz CT molecular complexity index is 719. The van der Waals surface area contributed by atoms with Crippen molar-refractivity contribution in [3.63, 3.8) is 0 Å². The van der Waals surface area contributed by atoms with Gasteiger partial charge in [0.1, 0.15) is 12.4 Å². The number of hydrogen-bond donors (Lipinski definition) is 1. The fraction of sp³-hybridized carbons (Fsp3) is 0.154. The quantitative estimate of drug-likeness (QED) is 0.668. The van der Waals surface area contributed by atoms with Crippen molar-refractivity contribution in [1.82, 2.24) is 9.97 Å². The maximum Gasteiger partial charge on any atom is 0.312 e. The molecule has 0 saturated carbocycles. The minimum atomic E-state index is -0.609. The van der Waals surface area contributed by atoms with Crippen LogP contribution in [0.25, 0.3) is 0 Å². The Balaban J connectivity index is 2.23. The standard InChI is InChI=1S/C13H11N5O3/c1-8-4-12(15)17-13(16-8)7-21-11-3-2-9(6-14)5-10(11)18(19)20/h2-5H,7H2,1H3,(H2,15,16,17). The van der Waals surface area contributed by atoms with Crippen molar-refractivity contribution in [2.75, 3.05) is 5.73 Å². The molecule has 0 aliphatic carbocycles. The topological polar surface area (TPSA) is 128 Å². The van der Waals surface area contributed by atoms with E-state index < -0.39 is 4.92 Å². The first-order valence-electron chi connectivity index (χ1n) is 5.91. The van der Waals surface area contributed by atoms with Crippen LogP contribution in [-0.2, 0) is 6.61 Å². The highest BCUT2D eigenvalue weighted by Gasteiger charge is 2.16. The van der Waals surface area contributed by atoms with Gasteiger partial charge in [0.05, 0.1) is 16.6 Å². The number of rotatable bonds is 4. The molecule has 8 nitrogen and oxygen atoms in total. The molecular weight excluding hydrogens is 274 g/mol. The summed E-state index contributed by atoms with van der Waals surface area (Å²) in [6.07, 6.45) is 0. The minimum Gasteiger partial charge on any atom is -0.479 e. The molecule has 0 spiro atoms. The van der Waals surface area contributed by atoms with Gasteiger partial charge in [-0.3, -0.25) is 10.1 Å². The lowest BCUT2D eigenvalue weighted by atomic mass is 10.2. The average Bonchev–Trinajstić information content (AvgIpc) is 2.43. The second-order valence-corrected chi connectivity index (χ2v) is 4.19. The van der Waals surface area contributed by atoms with Gasteiger partial charge in [-0.25, -0.2) is 9.97 Å². The normalized spacial score (nSPS) is 9.90. The van der Waals surface area contributed by atoms with E-state index in [1.165, 1.54) is 12.1 Å². The summed E-state index contributed by atoms with van der Waals surface area (Å²) in [4.78, 5) is 18.5. The maximum absolute atomic E-state index is 11.0. The van der Waals surface area contributed by atoms with Crippen LogP contribution in [0.2, 0.25) is 0 Å². The molecule has 8 heteroatoms. The summed E-state index contributed by atoms with van der Waals surface area (Å²) in [7, 11) is 0. The molecule has 0 radical (unpaired) electrons. The Kier molecular flexibility index (Phi) is 3.95. The Labute approximate surface area is 120 Å². The van der Waals surface area contributed by atoms with Crippen molar-refractivity contribution in [2.24, 2.45) is 0 Å². The number of aryl methyl sites for hydroxylation is 1. The van der Waals surface area contributed by atoms with E-state index in [2.05, 4.69) is 9.97 Å². The fourth-order valence-electron chi connectivity index (χ4n) is 1.71. The second-order valence-electron chi connectivity index (χ2n) is 4.19. The van der Waals surface area contributed by atoms with Gasteiger partial charge in [0.2, 0.25) is 0 Å². The van der Waals surface area contributed by atoms with Crippen LogP contribution in [-0.4, -0.2) is 14.9 Å². The van der Waals surface area contributed by atoms with Gasteiger partial charge in [-0.2, -0.15) is 5.26 Å². The third-order valence-electron chi connectivity index (χ3n) is 2.56. The molecule has 2 aromatic rings. The molecule has 2 N–H and O–H groups in total. The number of hydrogen-bond acceptors (Lipinski definition) is 7. The smallest absolute Gasteiger partial charge is 0.312 e. The zero-order valence-corrected chi connectivity index (χ0v) is 11.1. The molecule has 1 aromatic carbocycles. The highest BCUT2D eigenvalue weighted by molar-refractivity contribution is 5.51. The van der Waals surface area contributed by atoms with Crippen LogP contribution in [0, 0.1) is 28.4 Å². The van der Waals surface area contributed by atoms with Gasteiger partial charge >= 0.3 is 5.69 Å². The van der Waals surface area contributed by atoms with E-state index in [1.54, 1.807) is 13.0 Å². The van der Waals surface area contributed by atoms with Crippen molar-refractivity contribution in [3.8, 4) is 11.8 Å². The molecule has 0 saturated heterocycles. The van der Waals surface area contributed by atoms with E-state index in [9.17, 15) is 10.1 Å². The van der Waals surface area contributed by atoms with Crippen LogP contribution < -0.4 is 10.5 Å². The van der Waals surface area contributed by atoms with Crippen LogP contribution in [0.5, 0.6) is 5.75 Å². The van der Waals surface area contributed by atoms with Crippen LogP contribution in [0.1, 0.15) is 17.1 Å². The molecule has 1 aromatic heterocycles. The van der Waals surface area contributed by atoms with Crippen LogP contribution in [0.15, 0.2) is 24.3 Å². The summed E-state index contributed by atoms with van der Waals surface area (Å²) in [5.41, 5.74) is 6.17. The molecule has 2 rings (SSSR count). The van der Waals surface area contributed by atoms with Gasteiger partial charge in [0, 0.05) is 17.8 Å². The van der Waals surface area contributed by atoms with Gasteiger partial charge in [-0.05, 0) is 19.1 Å². The highest BCUT2D eigenvalue weighted by atomic mass is 16.6. The van der Waals surface area contributed by atoms with Gasteiger partial charge < -0.3 is 10.5 Å². The zero-order chi connectivity index (χ0) is 15.4. The molecule has 0 unspecified atom stereocenters. The number of anilines is 1. The summed E-state index contributed by atoms with van der Waals surface area (Å²) < 4.78 is 5.36. The van der Waals surface area contributed by atoms with Crippen LogP contribution >= 0.6 is 0 Å². The fourth-order valence-corrected chi connectivity index (χ4v) is 1.71. The SMILES string of the molecule is Cc1cc(N)nc(COc2ccc(C#N)cc2[N+](=O)[O-])n1. The van der Waals surface area contributed by atoms with Gasteiger partial charge in [-0.15, -0.1) is 0 Å². The lowest BCUT2D eigenvalue weighted by molar-refractivity contribution is -0.386. The predicted octanol–water partition coefficient (Wildman–Crippen LogP) is 1.73. The number of nitrogen functional groups attached to an aromatic ring is 1. The van der Waals surface area contributed by atoms with E-state index in [0.29, 0.717) is 17.3 Å². The van der Waals surface area contributed by atoms with Gasteiger partial charge in [0.15, 0.2) is 11.6 Å². The van der Waals surface area contributed by atoms with E-state index >= 15 is 0 Å². The monoisotopic (exact) mass is 285 g/mol. The average molecular weight is 285 g/mol. The number of nitro groups is 1. The first kappa shape index (κ1) is 14.2. The number of nitrogens with two attached hydrogens (primary N) is 1. The number of nitro benzene ring substituents is 1. The van der Waals surface area contributed by atoms with Crippen molar-refractivity contribution in [2.45, 2.75) is 13.5 Å². The number of nitriles is 1. The zero-order valence-electron chi connectivity index (χ0n) is 11.1. The van der Waals surface area contributed by atoms with Gasteiger partial charge in [0.25, 0.3) is 0 Å². The first-order valence-corrected chi connectivity index (χ1v) is 5.91. The number of ether oxygens (including phenoxy) is 1. The third-order valence-corrected chi connectivity index (χ3v) is 2.56. The summed E-state index contributed by atoms with van der Waals surface area (Å²) in [6.45, 7) is 1.70. The molecule has 106 valence electrons. The Morgan fingerprint density at radius 3 is 2.81 bits per heavy atom. The van der Waals surface area contributed by atoms with Crippen molar-refractivity contribution >= 4 is 11.5 Å². The third kappa shape index (κ3) is 3.42. The number of aromatic nitrogens is 2. The molecule has 1 heterocycles. The van der Waals surface area contributed by atoms with Crippen molar-refractivity contribution in [3.05, 3.63) is 51.5 Å². The Morgan fingerprint density at radius 1 is 1.43 bits per heavy atom. The Morgan fingerprint density at radius 2 is 2.19 bits per heavy atom. The van der Waals surface area contributed by atoms with Crippen LogP contribution in [0.3, 0.4) is 0 Å². The molecule has 0 fully saturated rings. The summed E-state index contributed by atoms with van der Waals surface area (Å²) in [6, 6.07) is 7.40. The summed E-state index contributed by atoms with van der Waals surface area (Å²) >= 11 is 0. The first-order chi connectivity index (χ1) is 9.99. The van der Waals surface area contributed by atoms with E-state index in [1.807, 2.05) is 6.07 Å². The number of nitrogens with zero attached hydrogens (tertiary/aromatic N) is 4. The summed E-state index contributed by atoms with van der Waals surface area (Å²) in [5.74, 6) is 0.671. The molecule has 0 aliphatic rings. The predicted molar refractivity (Wildman–Crippen MR) is 73.3 cm³/mol. The lowest BCUT2D eigenvalue weighted by Crippen LogP contribution is -2.06. The second kappa shape index (κ2) is 5.83. The lowest BCUT2D eigenvalue weighted by Gasteiger charge is -2.07. The van der Waals surface area contributed by atoms with E-state index in [4.69, 9.17) is 15.7 Å². The van der Waals surface area contributed by atoms with Crippen LogP contribution in [0.4, 0.5) is 11.5 Å². The van der Waals surface area contributed by atoms with Crippen molar-refractivity contribution in [1.29, 1.82) is 5.26 Å². The molecule has 0 bridgehead atoms. The molecule has 0 atom stereocenters. The molecule has 0 aliphatic heterocycles. The minimum absolute atomic E-state index is 0.0441. The number of benzene rings is 1. The van der Waals surface area contributed by atoms with E-state index in [0.717, 1.165) is 6.07 Å². The van der Waals surface area contributed by atoms with Crippen molar-refractivity contribution < 1.29 is 9.66 Å². The molecule has 21 heavy (non-hydrogen) atoms. The maximum atomic E-state index is 11.0. The largest absolute Gasteiger partial charge is 0.479 e. The van der Waals surface area contributed by atoms with Gasteiger partial charge in [-0.1, -0.05) is 0 Å². The summed E-state index contributed by atoms with van der Waals surface area (Å²) in [5, 5.41) is 19.7. The highest BCUT2D eigenvalue weighted by Crippen LogP contribution is 2.28.